The van der Waals surface area contributed by atoms with Crippen LogP contribution in [0.5, 0.6) is 0 Å². The van der Waals surface area contributed by atoms with E-state index >= 15 is 79.2 Å². The minimum atomic E-state index is -3.58. The molecular formula is C44H2F30N4. The molecule has 4 nitrogen and oxygen atoms in total. The molecule has 0 radical (unpaired) electrons. The summed E-state index contributed by atoms with van der Waals surface area (Å²) in [6.07, 6.45) is 0. The molecule has 0 amide bonds. The highest BCUT2D eigenvalue weighted by atomic mass is 19.2. The van der Waals surface area contributed by atoms with Crippen molar-refractivity contribution in [2.75, 3.05) is 0 Å². The Morgan fingerprint density at radius 3 is 0.436 bits per heavy atom. The predicted octanol–water partition coefficient (Wildman–Crippen LogP) is 10.6. The van der Waals surface area contributed by atoms with Gasteiger partial charge in [0.15, 0.2) is 140 Å². The first-order valence-electron chi connectivity index (χ1n) is 19.5. The zero-order valence-corrected chi connectivity index (χ0v) is 35.2. The number of aromatic amines is 2. The molecule has 408 valence electrons. The molecule has 0 saturated heterocycles. The molecule has 4 aromatic heterocycles. The smallest absolute Gasteiger partial charge is 0.200 e. The Hall–Kier alpha value is -8.62. The summed E-state index contributed by atoms with van der Waals surface area (Å²) in [4.78, 5) is -2.93. The topological polar surface area (TPSA) is 41.4 Å². The van der Waals surface area contributed by atoms with E-state index < -0.39 is 261 Å². The Labute approximate surface area is 403 Å². The molecule has 4 aromatic carbocycles. The number of rotatable bonds is 4. The van der Waals surface area contributed by atoms with Gasteiger partial charge in [-0.3, -0.25) is 0 Å². The molecule has 2 N–H and O–H groups in total. The van der Waals surface area contributed by atoms with E-state index in [0.717, 1.165) is 9.97 Å². The number of benzene rings is 4. The lowest BCUT2D eigenvalue weighted by molar-refractivity contribution is 0.338. The van der Waals surface area contributed by atoms with E-state index in [0.29, 0.717) is 0 Å². The third-order valence-corrected chi connectivity index (χ3v) is 11.6. The number of nitrogens with zero attached hydrogens (tertiary/aromatic N) is 2. The van der Waals surface area contributed by atoms with Crippen LogP contribution in [0.15, 0.2) is 0 Å². The lowest BCUT2D eigenvalue weighted by Crippen LogP contribution is -2.30. The van der Waals surface area contributed by atoms with Crippen LogP contribution in [0.3, 0.4) is 0 Å². The summed E-state index contributed by atoms with van der Waals surface area (Å²) in [5.41, 5.74) is -37.1. The zero-order chi connectivity index (χ0) is 58.0. The second-order valence-electron chi connectivity index (χ2n) is 15.5. The highest BCUT2D eigenvalue weighted by molar-refractivity contribution is 5.86. The van der Waals surface area contributed by atoms with Gasteiger partial charge in [-0.05, 0) is 0 Å². The molecule has 8 bridgehead atoms. The van der Waals surface area contributed by atoms with Crippen LogP contribution in [0.25, 0.3) is 22.3 Å². The molecule has 0 spiro atoms. The number of nitrogens with one attached hydrogen (secondary N) is 2. The summed E-state index contributed by atoms with van der Waals surface area (Å²) < 4.78 is 472. The second-order valence-corrected chi connectivity index (χ2v) is 15.5. The maximum absolute atomic E-state index is 17.3. The lowest BCUT2D eigenvalue weighted by Gasteiger charge is -2.14. The van der Waals surface area contributed by atoms with Crippen molar-refractivity contribution in [2.45, 2.75) is 0 Å². The fourth-order valence-corrected chi connectivity index (χ4v) is 8.16. The summed E-state index contributed by atoms with van der Waals surface area (Å²) in [7, 11) is 0. The van der Waals surface area contributed by atoms with E-state index in [1.54, 1.807) is 0 Å². The number of hydrogen-bond donors (Lipinski definition) is 2. The van der Waals surface area contributed by atoms with Gasteiger partial charge in [0.25, 0.3) is 0 Å². The van der Waals surface area contributed by atoms with Crippen molar-refractivity contribution in [1.82, 2.24) is 19.5 Å². The van der Waals surface area contributed by atoms with E-state index in [2.05, 4.69) is 0 Å². The Balaban J connectivity index is 1.76. The van der Waals surface area contributed by atoms with Gasteiger partial charge in [-0.2, -0.15) is 9.58 Å². The Morgan fingerprint density at radius 2 is 0.295 bits per heavy atom. The quantitative estimate of drug-likeness (QED) is 0.100. The zero-order valence-electron chi connectivity index (χ0n) is 35.2. The first-order valence-corrected chi connectivity index (χ1v) is 19.5. The van der Waals surface area contributed by atoms with Crippen LogP contribution in [0.2, 0.25) is 0 Å². The van der Waals surface area contributed by atoms with Gasteiger partial charge in [0, 0.05) is 22.3 Å². The molecule has 34 heteroatoms. The maximum Gasteiger partial charge on any atom is 0.200 e. The lowest BCUT2D eigenvalue weighted by atomic mass is 9.99. The summed E-state index contributed by atoms with van der Waals surface area (Å²) in [6, 6.07) is 0. The molecular weight excluding hydrogens is 1150 g/mol. The van der Waals surface area contributed by atoms with Crippen LogP contribution in [0.1, 0.15) is 45.0 Å². The van der Waals surface area contributed by atoms with Gasteiger partial charge in [0.2, 0.25) is 23.3 Å². The fraction of sp³-hybridized carbons (Fsp3) is 0. The SMILES string of the molecule is Fc1c2[nH]c(c1F)C(c1c(F)c(F)c(F)c(F)c1F)=c1c(F)c(F)c(n1F)=C(c1c(F)c(F)c(F)c(F)c1F)c1[nH]c(c(F)c1F)C(c1c(F)c(F)c(F)c(F)c1F)=c1c(F)c(F)c(n1F)=C2c1c(F)c(F)c(F)c(F)c1F. The van der Waals surface area contributed by atoms with Gasteiger partial charge in [0.05, 0.1) is 45.0 Å². The van der Waals surface area contributed by atoms with Crippen LogP contribution in [0, 0.1) is 163 Å². The molecule has 5 heterocycles. The van der Waals surface area contributed by atoms with Crippen molar-refractivity contribution < 1.29 is 132 Å². The van der Waals surface area contributed by atoms with Gasteiger partial charge >= 0.3 is 0 Å². The van der Waals surface area contributed by atoms with Crippen molar-refractivity contribution in [3.8, 4) is 0 Å². The molecule has 0 atom stereocenters. The highest BCUT2D eigenvalue weighted by Gasteiger charge is 2.42. The van der Waals surface area contributed by atoms with Crippen molar-refractivity contribution in [3.63, 3.8) is 0 Å². The number of fused-ring (bicyclic) bond motifs is 8. The van der Waals surface area contributed by atoms with Crippen LogP contribution < -0.4 is 21.4 Å². The average Bonchev–Trinajstić information content (AvgIpc) is 4.15. The first-order chi connectivity index (χ1) is 36.3. The summed E-state index contributed by atoms with van der Waals surface area (Å²) >= 11 is 0. The van der Waals surface area contributed by atoms with E-state index in [1.165, 1.54) is 0 Å². The van der Waals surface area contributed by atoms with Gasteiger partial charge in [-0.15, -0.1) is 0 Å². The van der Waals surface area contributed by atoms with E-state index in [9.17, 15) is 52.7 Å². The van der Waals surface area contributed by atoms with Crippen molar-refractivity contribution in [1.29, 1.82) is 0 Å². The van der Waals surface area contributed by atoms with Crippen LogP contribution in [-0.4, -0.2) is 19.5 Å². The molecule has 1 aliphatic rings. The minimum absolute atomic E-state index is 0.806. The molecule has 0 fully saturated rings. The van der Waals surface area contributed by atoms with E-state index in [4.69, 9.17) is 0 Å². The second kappa shape index (κ2) is 18.0. The van der Waals surface area contributed by atoms with E-state index in [-0.39, 0.29) is 0 Å². The Kier molecular flexibility index (Phi) is 12.5. The number of aromatic nitrogens is 4. The summed E-state index contributed by atoms with van der Waals surface area (Å²) in [6.45, 7) is 0. The average molecular weight is 1160 g/mol. The molecule has 78 heavy (non-hydrogen) atoms. The maximum atomic E-state index is 17.3. The Morgan fingerprint density at radius 1 is 0.167 bits per heavy atom. The van der Waals surface area contributed by atoms with E-state index in [1.807, 2.05) is 0 Å². The summed E-state index contributed by atoms with van der Waals surface area (Å²) in [5, 5.41) is -13.1. The van der Waals surface area contributed by atoms with Crippen LogP contribution in [-0.2, 0) is 0 Å². The summed E-state index contributed by atoms with van der Waals surface area (Å²) in [5.74, 6) is -96.9. The van der Waals surface area contributed by atoms with Gasteiger partial charge in [-0.1, -0.05) is 8.96 Å². The van der Waals surface area contributed by atoms with Gasteiger partial charge in [0.1, 0.15) is 21.4 Å². The van der Waals surface area contributed by atoms with Gasteiger partial charge < -0.3 is 9.97 Å². The van der Waals surface area contributed by atoms with Crippen molar-refractivity contribution in [3.05, 3.63) is 229 Å². The highest BCUT2D eigenvalue weighted by Crippen LogP contribution is 2.41. The largest absolute Gasteiger partial charge is 0.349 e. The monoisotopic (exact) mass is 1160 g/mol. The number of H-pyrrole nitrogens is 2. The third kappa shape index (κ3) is 6.90. The van der Waals surface area contributed by atoms with Crippen LogP contribution in [0.4, 0.5) is 132 Å². The predicted molar refractivity (Wildman–Crippen MR) is 193 cm³/mol. The minimum Gasteiger partial charge on any atom is -0.349 e. The molecule has 0 saturated carbocycles. The Bertz CT molecular complexity index is 3720. The molecule has 1 aliphatic heterocycles. The number of halogens is 30. The van der Waals surface area contributed by atoms with Gasteiger partial charge in [-0.25, -0.2) is 123 Å². The van der Waals surface area contributed by atoms with Crippen LogP contribution >= 0.6 is 0 Å². The molecule has 9 rings (SSSR count). The standard InChI is InChI=1S/C44H2F30N4/c45-9-1(10(46)18(54)25(61)17(9)53)5-37-29(65)30(66)38(75-37)6(2-11(47)19(55)26(62)20(56)12(2)48)43-35(71)36(72)44(78(43)74)8(4-15(51)23(59)28(64)24(60)16(4)52)40-32(68)31(67)39(76-40)7(42-34(70)33(69)41(5)77(42)73)3-13(49)21(57)27(63)22(58)14(3)50/h75-76H. The first kappa shape index (κ1) is 54.2. The number of hydrogen-bond acceptors (Lipinski definition) is 0. The van der Waals surface area contributed by atoms with Crippen molar-refractivity contribution in [2.24, 2.45) is 0 Å². The fourth-order valence-electron chi connectivity index (χ4n) is 8.16. The normalized spacial score (nSPS) is 12.9. The molecule has 8 aromatic rings. The molecule has 0 unspecified atom stereocenters. The third-order valence-electron chi connectivity index (χ3n) is 11.6. The molecule has 0 aliphatic carbocycles. The van der Waals surface area contributed by atoms with Crippen molar-refractivity contribution >= 4 is 22.3 Å².